The second-order valence-corrected chi connectivity index (χ2v) is 9.09. The molecular formula is C28H33N3O. The van der Waals surface area contributed by atoms with Crippen LogP contribution in [0.1, 0.15) is 62.8 Å². The monoisotopic (exact) mass is 427 g/mol. The van der Waals surface area contributed by atoms with E-state index in [0.717, 1.165) is 55.0 Å². The van der Waals surface area contributed by atoms with Crippen LogP contribution in [0.3, 0.4) is 0 Å². The van der Waals surface area contributed by atoms with Gasteiger partial charge < -0.3 is 5.32 Å². The zero-order chi connectivity index (χ0) is 22.5. The Morgan fingerprint density at radius 2 is 1.69 bits per heavy atom. The number of nitrogens with one attached hydrogen (secondary N) is 1. The molecule has 2 heterocycles. The number of hydrogen-bond donors (Lipinski definition) is 1. The average Bonchev–Trinajstić information content (AvgIpc) is 2.79. The van der Waals surface area contributed by atoms with E-state index < -0.39 is 0 Å². The van der Waals surface area contributed by atoms with Crippen LogP contribution in [0.5, 0.6) is 0 Å². The largest absolute Gasteiger partial charge is 0.348 e. The van der Waals surface area contributed by atoms with Gasteiger partial charge in [0.1, 0.15) is 0 Å². The lowest BCUT2D eigenvalue weighted by atomic mass is 9.89. The third kappa shape index (κ3) is 5.63. The van der Waals surface area contributed by atoms with Gasteiger partial charge in [0, 0.05) is 24.7 Å². The van der Waals surface area contributed by atoms with Crippen LogP contribution in [0.2, 0.25) is 0 Å². The summed E-state index contributed by atoms with van der Waals surface area (Å²) in [4.78, 5) is 20.4. The van der Waals surface area contributed by atoms with Crippen molar-refractivity contribution in [3.63, 3.8) is 0 Å². The molecule has 2 aromatic carbocycles. The molecule has 0 atom stereocenters. The Labute approximate surface area is 191 Å². The van der Waals surface area contributed by atoms with Crippen molar-refractivity contribution >= 4 is 5.91 Å². The molecule has 0 aliphatic carbocycles. The zero-order valence-corrected chi connectivity index (χ0v) is 19.4. The van der Waals surface area contributed by atoms with Crippen molar-refractivity contribution in [3.05, 3.63) is 99.9 Å². The number of piperidine rings is 1. The first-order valence-corrected chi connectivity index (χ1v) is 11.6. The number of carbonyl (C=O) groups excluding carboxylic acids is 1. The van der Waals surface area contributed by atoms with Crippen LogP contribution in [0, 0.1) is 20.8 Å². The quantitative estimate of drug-likeness (QED) is 0.579. The minimum atomic E-state index is -0.0322. The van der Waals surface area contributed by atoms with Crippen LogP contribution in [-0.2, 0) is 13.1 Å². The predicted octanol–water partition coefficient (Wildman–Crippen LogP) is 5.32. The van der Waals surface area contributed by atoms with Gasteiger partial charge in [-0.15, -0.1) is 0 Å². The lowest BCUT2D eigenvalue weighted by Crippen LogP contribution is -2.34. The Balaban J connectivity index is 1.40. The Kier molecular flexibility index (Phi) is 7.01. The summed E-state index contributed by atoms with van der Waals surface area (Å²) >= 11 is 0. The molecule has 0 spiro atoms. The van der Waals surface area contributed by atoms with E-state index >= 15 is 0 Å². The van der Waals surface area contributed by atoms with Gasteiger partial charge in [-0.2, -0.15) is 0 Å². The van der Waals surface area contributed by atoms with Crippen LogP contribution in [-0.4, -0.2) is 28.9 Å². The minimum Gasteiger partial charge on any atom is -0.348 e. The van der Waals surface area contributed by atoms with Gasteiger partial charge >= 0.3 is 0 Å². The highest BCUT2D eigenvalue weighted by Gasteiger charge is 2.26. The van der Waals surface area contributed by atoms with Crippen LogP contribution in [0.15, 0.2) is 60.7 Å². The van der Waals surface area contributed by atoms with E-state index in [1.165, 1.54) is 16.7 Å². The maximum Gasteiger partial charge on any atom is 0.253 e. The third-order valence-corrected chi connectivity index (χ3v) is 6.35. The Morgan fingerprint density at radius 3 is 2.41 bits per heavy atom. The van der Waals surface area contributed by atoms with Gasteiger partial charge in [0.05, 0.1) is 11.3 Å². The Morgan fingerprint density at radius 1 is 0.938 bits per heavy atom. The molecule has 4 rings (SSSR count). The summed E-state index contributed by atoms with van der Waals surface area (Å²) in [5.74, 6) is 0.291. The molecule has 0 bridgehead atoms. The van der Waals surface area contributed by atoms with Gasteiger partial charge in [-0.1, -0.05) is 59.7 Å². The van der Waals surface area contributed by atoms with Crippen molar-refractivity contribution in [2.45, 2.75) is 52.6 Å². The van der Waals surface area contributed by atoms with Gasteiger partial charge in [-0.25, -0.2) is 0 Å². The lowest BCUT2D eigenvalue weighted by molar-refractivity contribution is 0.0948. The van der Waals surface area contributed by atoms with Gasteiger partial charge in [-0.05, 0) is 70.0 Å². The van der Waals surface area contributed by atoms with Crippen LogP contribution >= 0.6 is 0 Å². The summed E-state index contributed by atoms with van der Waals surface area (Å²) in [6.07, 6.45) is 2.06. The molecule has 1 amide bonds. The molecule has 0 saturated carbocycles. The number of pyridine rings is 1. The van der Waals surface area contributed by atoms with E-state index in [-0.39, 0.29) is 5.91 Å². The highest BCUT2D eigenvalue weighted by Crippen LogP contribution is 2.30. The smallest absolute Gasteiger partial charge is 0.253 e. The topological polar surface area (TPSA) is 45.2 Å². The van der Waals surface area contributed by atoms with Crippen LogP contribution < -0.4 is 5.32 Å². The predicted molar refractivity (Wildman–Crippen MR) is 130 cm³/mol. The molecule has 1 saturated heterocycles. The highest BCUT2D eigenvalue weighted by molar-refractivity contribution is 5.95. The molecule has 0 unspecified atom stereocenters. The molecule has 3 aromatic rings. The number of aryl methyl sites for hydroxylation is 3. The minimum absolute atomic E-state index is 0.0322. The lowest BCUT2D eigenvalue weighted by Gasteiger charge is -2.32. The zero-order valence-electron chi connectivity index (χ0n) is 19.4. The molecule has 1 aliphatic rings. The second-order valence-electron chi connectivity index (χ2n) is 9.09. The third-order valence-electron chi connectivity index (χ3n) is 6.35. The first-order chi connectivity index (χ1) is 15.5. The molecule has 0 radical (unpaired) electrons. The molecule has 166 valence electrons. The van der Waals surface area contributed by atoms with Crippen molar-refractivity contribution in [2.75, 3.05) is 13.1 Å². The molecule has 1 aliphatic heterocycles. The fourth-order valence-corrected chi connectivity index (χ4v) is 4.50. The fourth-order valence-electron chi connectivity index (χ4n) is 4.50. The number of benzene rings is 2. The summed E-state index contributed by atoms with van der Waals surface area (Å²) in [7, 11) is 0. The molecule has 32 heavy (non-hydrogen) atoms. The Hall–Kier alpha value is -2.98. The standard InChI is InChI=1S/C28H33N3O/c1-20-7-10-23(11-8-20)18-29-28(32)26-12-9-22(3)30-27(26)25-13-15-31(16-14-25)19-24-6-4-5-21(2)17-24/h4-12,17,25H,13-16,18-19H2,1-3H3,(H,29,32). The highest BCUT2D eigenvalue weighted by atomic mass is 16.1. The Bertz CT molecular complexity index is 1070. The number of aromatic nitrogens is 1. The first kappa shape index (κ1) is 22.2. The van der Waals surface area contributed by atoms with E-state index in [4.69, 9.17) is 4.98 Å². The molecule has 4 nitrogen and oxygen atoms in total. The molecule has 1 N–H and O–H groups in total. The number of hydrogen-bond acceptors (Lipinski definition) is 3. The van der Waals surface area contributed by atoms with E-state index in [0.29, 0.717) is 12.5 Å². The SMILES string of the molecule is Cc1ccc(CNC(=O)c2ccc(C)nc2C2CCN(Cc3cccc(C)c3)CC2)cc1. The summed E-state index contributed by atoms with van der Waals surface area (Å²) in [6.45, 7) is 9.78. The van der Waals surface area contributed by atoms with Gasteiger partial charge in [-0.3, -0.25) is 14.7 Å². The van der Waals surface area contributed by atoms with Gasteiger partial charge in [0.2, 0.25) is 0 Å². The van der Waals surface area contributed by atoms with Crippen molar-refractivity contribution in [1.29, 1.82) is 0 Å². The summed E-state index contributed by atoms with van der Waals surface area (Å²) in [5, 5.41) is 3.09. The molecule has 1 fully saturated rings. The number of rotatable bonds is 6. The number of likely N-dealkylation sites (tertiary alicyclic amines) is 1. The van der Waals surface area contributed by atoms with Gasteiger partial charge in [0.15, 0.2) is 0 Å². The maximum absolute atomic E-state index is 13.0. The normalized spacial score (nSPS) is 15.0. The number of nitrogens with zero attached hydrogens (tertiary/aromatic N) is 2. The van der Waals surface area contributed by atoms with Crippen molar-refractivity contribution in [3.8, 4) is 0 Å². The van der Waals surface area contributed by atoms with Crippen LogP contribution in [0.25, 0.3) is 0 Å². The molecule has 4 heteroatoms. The van der Waals surface area contributed by atoms with E-state index in [9.17, 15) is 4.79 Å². The number of amides is 1. The van der Waals surface area contributed by atoms with Gasteiger partial charge in [0.25, 0.3) is 5.91 Å². The van der Waals surface area contributed by atoms with Crippen LogP contribution in [0.4, 0.5) is 0 Å². The van der Waals surface area contributed by atoms with Crippen molar-refractivity contribution in [1.82, 2.24) is 15.2 Å². The maximum atomic E-state index is 13.0. The van der Waals surface area contributed by atoms with Crippen molar-refractivity contribution in [2.24, 2.45) is 0 Å². The van der Waals surface area contributed by atoms with E-state index in [1.807, 2.05) is 19.1 Å². The summed E-state index contributed by atoms with van der Waals surface area (Å²) < 4.78 is 0. The second kappa shape index (κ2) is 10.1. The molecule has 1 aromatic heterocycles. The first-order valence-electron chi connectivity index (χ1n) is 11.6. The van der Waals surface area contributed by atoms with E-state index in [2.05, 4.69) is 72.6 Å². The number of carbonyl (C=O) groups is 1. The average molecular weight is 428 g/mol. The fraction of sp³-hybridized carbons (Fsp3) is 0.357. The summed E-state index contributed by atoms with van der Waals surface area (Å²) in [6, 6.07) is 20.9. The van der Waals surface area contributed by atoms with Crippen molar-refractivity contribution < 1.29 is 4.79 Å². The summed E-state index contributed by atoms with van der Waals surface area (Å²) in [5.41, 5.74) is 7.66. The van der Waals surface area contributed by atoms with E-state index in [1.54, 1.807) is 0 Å². The molecular weight excluding hydrogens is 394 g/mol.